The molecule has 1 aromatic rings. The Bertz CT molecular complexity index is 455. The standard InChI is InChI=1S/C11H13NO5/c1-4-17-11(13)8-5-7(2)6-9(12(14)15)10(8)16-3/h5-6H,4H2,1-3H3. The molecule has 0 spiro atoms. The fraction of sp³-hybridized carbons (Fsp3) is 0.364. The van der Waals surface area contributed by atoms with Gasteiger partial charge in [0.05, 0.1) is 18.6 Å². The molecule has 0 fully saturated rings. The van der Waals surface area contributed by atoms with Gasteiger partial charge in [-0.3, -0.25) is 10.1 Å². The highest BCUT2D eigenvalue weighted by Gasteiger charge is 2.24. The number of esters is 1. The van der Waals surface area contributed by atoms with Gasteiger partial charge in [0.25, 0.3) is 0 Å². The van der Waals surface area contributed by atoms with Crippen molar-refractivity contribution in [2.45, 2.75) is 13.8 Å². The van der Waals surface area contributed by atoms with Crippen molar-refractivity contribution in [3.8, 4) is 5.75 Å². The highest BCUT2D eigenvalue weighted by molar-refractivity contribution is 5.94. The van der Waals surface area contributed by atoms with E-state index in [1.807, 2.05) is 0 Å². The predicted octanol–water partition coefficient (Wildman–Crippen LogP) is 2.09. The summed E-state index contributed by atoms with van der Waals surface area (Å²) >= 11 is 0. The lowest BCUT2D eigenvalue weighted by Gasteiger charge is -2.09. The fourth-order valence-electron chi connectivity index (χ4n) is 1.46. The summed E-state index contributed by atoms with van der Waals surface area (Å²) in [5, 5.41) is 10.8. The summed E-state index contributed by atoms with van der Waals surface area (Å²) in [5.41, 5.74) is 0.428. The summed E-state index contributed by atoms with van der Waals surface area (Å²) in [5.74, 6) is -0.699. The number of rotatable bonds is 4. The second-order valence-electron chi connectivity index (χ2n) is 3.34. The van der Waals surface area contributed by atoms with Crippen LogP contribution in [0.4, 0.5) is 5.69 Å². The van der Waals surface area contributed by atoms with Gasteiger partial charge in [-0.1, -0.05) is 0 Å². The number of ether oxygens (including phenoxy) is 2. The summed E-state index contributed by atoms with van der Waals surface area (Å²) in [6.07, 6.45) is 0. The van der Waals surface area contributed by atoms with Gasteiger partial charge in [0, 0.05) is 6.07 Å². The predicted molar refractivity (Wildman–Crippen MR) is 60.3 cm³/mol. The van der Waals surface area contributed by atoms with Crippen LogP contribution in [0, 0.1) is 17.0 Å². The zero-order chi connectivity index (χ0) is 13.0. The van der Waals surface area contributed by atoms with E-state index in [0.29, 0.717) is 5.56 Å². The number of nitrogens with zero attached hydrogens (tertiary/aromatic N) is 1. The molecule has 0 atom stereocenters. The number of carbonyl (C=O) groups is 1. The van der Waals surface area contributed by atoms with Crippen LogP contribution < -0.4 is 4.74 Å². The fourth-order valence-corrected chi connectivity index (χ4v) is 1.46. The molecular weight excluding hydrogens is 226 g/mol. The summed E-state index contributed by atoms with van der Waals surface area (Å²) in [6, 6.07) is 2.85. The summed E-state index contributed by atoms with van der Waals surface area (Å²) < 4.78 is 9.74. The number of hydrogen-bond donors (Lipinski definition) is 0. The molecule has 0 saturated carbocycles. The minimum atomic E-state index is -0.629. The Kier molecular flexibility index (Phi) is 4.03. The Morgan fingerprint density at radius 1 is 1.47 bits per heavy atom. The number of hydrogen-bond acceptors (Lipinski definition) is 5. The molecule has 0 aliphatic rings. The number of methoxy groups -OCH3 is 1. The van der Waals surface area contributed by atoms with E-state index in [0.717, 1.165) is 0 Å². The van der Waals surface area contributed by atoms with E-state index in [-0.39, 0.29) is 23.6 Å². The molecular formula is C11H13NO5. The lowest BCUT2D eigenvalue weighted by molar-refractivity contribution is -0.385. The van der Waals surface area contributed by atoms with Gasteiger partial charge in [0.1, 0.15) is 5.56 Å². The van der Waals surface area contributed by atoms with Gasteiger partial charge < -0.3 is 9.47 Å². The van der Waals surface area contributed by atoms with Gasteiger partial charge >= 0.3 is 11.7 Å². The van der Waals surface area contributed by atoms with Crippen molar-refractivity contribution in [1.82, 2.24) is 0 Å². The first-order valence-electron chi connectivity index (χ1n) is 5.01. The van der Waals surface area contributed by atoms with E-state index in [4.69, 9.17) is 9.47 Å². The average molecular weight is 239 g/mol. The molecule has 0 saturated heterocycles. The first kappa shape index (κ1) is 13.0. The molecule has 6 nitrogen and oxygen atoms in total. The van der Waals surface area contributed by atoms with Crippen LogP contribution in [-0.2, 0) is 4.74 Å². The quantitative estimate of drug-likeness (QED) is 0.456. The number of carbonyl (C=O) groups excluding carboxylic acids is 1. The van der Waals surface area contributed by atoms with Crippen LogP contribution in [0.1, 0.15) is 22.8 Å². The minimum absolute atomic E-state index is 0.0703. The van der Waals surface area contributed by atoms with Crippen LogP contribution in [-0.4, -0.2) is 24.6 Å². The van der Waals surface area contributed by atoms with Gasteiger partial charge in [-0.05, 0) is 25.5 Å². The lowest BCUT2D eigenvalue weighted by Crippen LogP contribution is -2.08. The maximum absolute atomic E-state index is 11.6. The zero-order valence-corrected chi connectivity index (χ0v) is 9.85. The van der Waals surface area contributed by atoms with Crippen LogP contribution in [0.5, 0.6) is 5.75 Å². The largest absolute Gasteiger partial charge is 0.490 e. The van der Waals surface area contributed by atoms with E-state index in [1.54, 1.807) is 13.8 Å². The van der Waals surface area contributed by atoms with Crippen molar-refractivity contribution in [1.29, 1.82) is 0 Å². The number of aryl methyl sites for hydroxylation is 1. The van der Waals surface area contributed by atoms with Crippen molar-refractivity contribution in [2.24, 2.45) is 0 Å². The normalized spacial score (nSPS) is 9.82. The molecule has 0 amide bonds. The Labute approximate surface area is 98.3 Å². The van der Waals surface area contributed by atoms with E-state index in [2.05, 4.69) is 0 Å². The second-order valence-corrected chi connectivity index (χ2v) is 3.34. The molecule has 92 valence electrons. The van der Waals surface area contributed by atoms with E-state index >= 15 is 0 Å². The van der Waals surface area contributed by atoms with Crippen LogP contribution in [0.25, 0.3) is 0 Å². The highest BCUT2D eigenvalue weighted by atomic mass is 16.6. The Morgan fingerprint density at radius 3 is 2.59 bits per heavy atom. The van der Waals surface area contributed by atoms with Crippen LogP contribution in [0.3, 0.4) is 0 Å². The molecule has 0 radical (unpaired) electrons. The van der Waals surface area contributed by atoms with Crippen LogP contribution >= 0.6 is 0 Å². The van der Waals surface area contributed by atoms with Crippen LogP contribution in [0.2, 0.25) is 0 Å². The first-order chi connectivity index (χ1) is 8.01. The van der Waals surface area contributed by atoms with Crippen LogP contribution in [0.15, 0.2) is 12.1 Å². The molecule has 0 bridgehead atoms. The van der Waals surface area contributed by atoms with Gasteiger partial charge in [-0.15, -0.1) is 0 Å². The Hall–Kier alpha value is -2.11. The molecule has 0 heterocycles. The monoisotopic (exact) mass is 239 g/mol. The SMILES string of the molecule is CCOC(=O)c1cc(C)cc([N+](=O)[O-])c1OC. The molecule has 0 aliphatic heterocycles. The van der Waals surface area contributed by atoms with E-state index in [9.17, 15) is 14.9 Å². The topological polar surface area (TPSA) is 78.7 Å². The maximum atomic E-state index is 11.6. The van der Waals surface area contributed by atoms with Crippen molar-refractivity contribution in [2.75, 3.05) is 13.7 Å². The molecule has 1 rings (SSSR count). The highest BCUT2D eigenvalue weighted by Crippen LogP contribution is 2.32. The van der Waals surface area contributed by atoms with Crippen molar-refractivity contribution >= 4 is 11.7 Å². The summed E-state index contributed by atoms with van der Waals surface area (Å²) in [4.78, 5) is 21.9. The molecule has 6 heteroatoms. The third-order valence-corrected chi connectivity index (χ3v) is 2.11. The van der Waals surface area contributed by atoms with E-state index < -0.39 is 10.9 Å². The van der Waals surface area contributed by atoms with Crippen molar-refractivity contribution in [3.63, 3.8) is 0 Å². The second kappa shape index (κ2) is 5.29. The maximum Gasteiger partial charge on any atom is 0.342 e. The third-order valence-electron chi connectivity index (χ3n) is 2.11. The molecule has 1 aromatic carbocycles. The van der Waals surface area contributed by atoms with Gasteiger partial charge in [0.15, 0.2) is 0 Å². The van der Waals surface area contributed by atoms with Gasteiger partial charge in [0.2, 0.25) is 5.75 Å². The van der Waals surface area contributed by atoms with Gasteiger partial charge in [-0.2, -0.15) is 0 Å². The number of nitro benzene ring substituents is 1. The zero-order valence-electron chi connectivity index (χ0n) is 9.85. The summed E-state index contributed by atoms with van der Waals surface area (Å²) in [7, 11) is 1.28. The Balaban J connectivity index is 3.37. The average Bonchev–Trinajstić information content (AvgIpc) is 2.28. The summed E-state index contributed by atoms with van der Waals surface area (Å²) in [6.45, 7) is 3.52. The van der Waals surface area contributed by atoms with Gasteiger partial charge in [-0.25, -0.2) is 4.79 Å². The Morgan fingerprint density at radius 2 is 2.12 bits per heavy atom. The van der Waals surface area contributed by atoms with Crippen molar-refractivity contribution < 1.29 is 19.2 Å². The third kappa shape index (κ3) is 2.72. The molecule has 0 aromatic heterocycles. The first-order valence-corrected chi connectivity index (χ1v) is 5.01. The molecule has 0 N–H and O–H groups in total. The molecule has 0 aliphatic carbocycles. The van der Waals surface area contributed by atoms with Crippen molar-refractivity contribution in [3.05, 3.63) is 33.4 Å². The smallest absolute Gasteiger partial charge is 0.342 e. The number of nitro groups is 1. The lowest BCUT2D eigenvalue weighted by atomic mass is 10.1. The molecule has 17 heavy (non-hydrogen) atoms. The minimum Gasteiger partial charge on any atom is -0.490 e. The molecule has 0 unspecified atom stereocenters. The van der Waals surface area contributed by atoms with E-state index in [1.165, 1.54) is 19.2 Å². The number of benzene rings is 1.